The van der Waals surface area contributed by atoms with Crippen molar-refractivity contribution in [3.63, 3.8) is 0 Å². The van der Waals surface area contributed by atoms with E-state index in [1.165, 1.54) is 37.7 Å². The van der Waals surface area contributed by atoms with Crippen molar-refractivity contribution in [1.29, 1.82) is 0 Å². The number of phenols is 2. The number of phenolic OH excluding ortho intramolecular Hbond substituents is 2. The summed E-state index contributed by atoms with van der Waals surface area (Å²) in [5.74, 6) is 0.972. The minimum atomic E-state index is 0.203. The third kappa shape index (κ3) is 5.59. The summed E-state index contributed by atoms with van der Waals surface area (Å²) in [5.41, 5.74) is 2.09. The van der Waals surface area contributed by atoms with Gasteiger partial charge in [0.05, 0.1) is 0 Å². The Morgan fingerprint density at radius 2 is 1.42 bits per heavy atom. The molecule has 0 radical (unpaired) electrons. The highest BCUT2D eigenvalue weighted by atomic mass is 16.3. The predicted molar refractivity (Wildman–Crippen MR) is 101 cm³/mol. The van der Waals surface area contributed by atoms with Gasteiger partial charge in [-0.05, 0) is 49.3 Å². The van der Waals surface area contributed by atoms with E-state index in [1.807, 2.05) is 0 Å². The van der Waals surface area contributed by atoms with Crippen LogP contribution in [-0.2, 0) is 6.42 Å². The average Bonchev–Trinajstić information content (AvgIpc) is 2.60. The molecule has 0 fully saturated rings. The van der Waals surface area contributed by atoms with E-state index in [4.69, 9.17) is 0 Å². The minimum absolute atomic E-state index is 0.203. The maximum absolute atomic E-state index is 9.91. The molecule has 0 aliphatic heterocycles. The Balaban J connectivity index is 1.93. The van der Waals surface area contributed by atoms with E-state index in [0.29, 0.717) is 11.5 Å². The summed E-state index contributed by atoms with van der Waals surface area (Å²) in [6, 6.07) is 15.7. The highest BCUT2D eigenvalue weighted by molar-refractivity contribution is 5.42. The molecule has 2 aromatic carbocycles. The lowest BCUT2D eigenvalue weighted by atomic mass is 9.88. The number of hydrogen-bond acceptors (Lipinski definition) is 2. The molecule has 0 heterocycles. The molecule has 2 nitrogen and oxygen atoms in total. The number of benzene rings is 2. The summed E-state index contributed by atoms with van der Waals surface area (Å²) in [5, 5.41) is 19.8. The summed E-state index contributed by atoms with van der Waals surface area (Å²) >= 11 is 0. The van der Waals surface area contributed by atoms with Crippen molar-refractivity contribution in [2.45, 2.75) is 64.2 Å². The van der Waals surface area contributed by atoms with Crippen molar-refractivity contribution in [2.24, 2.45) is 0 Å². The third-order valence-corrected chi connectivity index (χ3v) is 4.78. The van der Waals surface area contributed by atoms with Crippen LogP contribution in [0.1, 0.15) is 68.9 Å². The molecule has 1 unspecified atom stereocenters. The van der Waals surface area contributed by atoms with E-state index in [-0.39, 0.29) is 11.5 Å². The maximum atomic E-state index is 9.91. The summed E-state index contributed by atoms with van der Waals surface area (Å²) in [6.45, 7) is 2.24. The van der Waals surface area contributed by atoms with Crippen molar-refractivity contribution < 1.29 is 10.2 Å². The Bertz CT molecular complexity index is 572. The molecule has 24 heavy (non-hydrogen) atoms. The van der Waals surface area contributed by atoms with Crippen molar-refractivity contribution in [2.75, 3.05) is 0 Å². The SMILES string of the molecule is CCCCCCC(CCCc1c(O)cccc1O)c1ccccc1. The van der Waals surface area contributed by atoms with Crippen LogP contribution in [0.15, 0.2) is 48.5 Å². The van der Waals surface area contributed by atoms with E-state index < -0.39 is 0 Å². The summed E-state index contributed by atoms with van der Waals surface area (Å²) in [7, 11) is 0. The fraction of sp³-hybridized carbons (Fsp3) is 0.455. The first-order chi connectivity index (χ1) is 11.7. The molecule has 0 saturated carbocycles. The number of hydrogen-bond donors (Lipinski definition) is 2. The lowest BCUT2D eigenvalue weighted by molar-refractivity contribution is 0.433. The maximum Gasteiger partial charge on any atom is 0.122 e. The fourth-order valence-electron chi connectivity index (χ4n) is 3.36. The second-order valence-electron chi connectivity index (χ2n) is 6.62. The molecule has 2 N–H and O–H groups in total. The molecular formula is C22H30O2. The molecule has 1 atom stereocenters. The first kappa shape index (κ1) is 18.4. The predicted octanol–water partition coefficient (Wildman–Crippen LogP) is 6.17. The van der Waals surface area contributed by atoms with Gasteiger partial charge >= 0.3 is 0 Å². The van der Waals surface area contributed by atoms with E-state index in [9.17, 15) is 10.2 Å². The average molecular weight is 326 g/mol. The number of unbranched alkanes of at least 4 members (excludes halogenated alkanes) is 3. The lowest BCUT2D eigenvalue weighted by Gasteiger charge is -2.18. The number of rotatable bonds is 10. The molecule has 0 amide bonds. The Kier molecular flexibility index (Phi) is 7.67. The molecule has 0 spiro atoms. The second-order valence-corrected chi connectivity index (χ2v) is 6.62. The van der Waals surface area contributed by atoms with E-state index >= 15 is 0 Å². The van der Waals surface area contributed by atoms with Crippen LogP contribution >= 0.6 is 0 Å². The molecule has 0 aliphatic rings. The van der Waals surface area contributed by atoms with E-state index in [1.54, 1.807) is 18.2 Å². The molecule has 0 aliphatic carbocycles. The fourth-order valence-corrected chi connectivity index (χ4v) is 3.36. The van der Waals surface area contributed by atoms with E-state index in [2.05, 4.69) is 37.3 Å². The molecular weight excluding hydrogens is 296 g/mol. The zero-order chi connectivity index (χ0) is 17.2. The molecule has 130 valence electrons. The zero-order valence-corrected chi connectivity index (χ0v) is 14.7. The standard InChI is InChI=1S/C22H30O2/c1-2-3-4-6-11-19(18-12-7-5-8-13-18)14-9-15-20-21(23)16-10-17-22(20)24/h5,7-8,10,12-13,16-17,19,23-24H,2-4,6,9,11,14-15H2,1H3. The van der Waals surface area contributed by atoms with Gasteiger partial charge in [-0.25, -0.2) is 0 Å². The quantitative estimate of drug-likeness (QED) is 0.512. The lowest BCUT2D eigenvalue weighted by Crippen LogP contribution is -2.01. The van der Waals surface area contributed by atoms with Crippen LogP contribution in [0.25, 0.3) is 0 Å². The highest BCUT2D eigenvalue weighted by Gasteiger charge is 2.13. The Labute approximate surface area is 146 Å². The Morgan fingerprint density at radius 1 is 0.750 bits per heavy atom. The highest BCUT2D eigenvalue weighted by Crippen LogP contribution is 2.31. The van der Waals surface area contributed by atoms with Crippen molar-refractivity contribution >= 4 is 0 Å². The summed E-state index contributed by atoms with van der Waals surface area (Å²) < 4.78 is 0. The molecule has 2 aromatic rings. The molecule has 2 heteroatoms. The summed E-state index contributed by atoms with van der Waals surface area (Å²) in [4.78, 5) is 0. The van der Waals surface area contributed by atoms with Gasteiger partial charge in [-0.15, -0.1) is 0 Å². The van der Waals surface area contributed by atoms with Crippen LogP contribution < -0.4 is 0 Å². The Morgan fingerprint density at radius 3 is 2.08 bits per heavy atom. The van der Waals surface area contributed by atoms with Gasteiger partial charge in [-0.1, -0.05) is 69.0 Å². The van der Waals surface area contributed by atoms with Crippen molar-refractivity contribution in [1.82, 2.24) is 0 Å². The molecule has 0 bridgehead atoms. The topological polar surface area (TPSA) is 40.5 Å². The van der Waals surface area contributed by atoms with Crippen molar-refractivity contribution in [3.05, 3.63) is 59.7 Å². The molecule has 0 aromatic heterocycles. The van der Waals surface area contributed by atoms with Gasteiger partial charge in [0.2, 0.25) is 0 Å². The van der Waals surface area contributed by atoms with Gasteiger partial charge in [-0.2, -0.15) is 0 Å². The molecule has 2 rings (SSSR count). The van der Waals surface area contributed by atoms with Gasteiger partial charge in [0.1, 0.15) is 11.5 Å². The first-order valence-corrected chi connectivity index (χ1v) is 9.27. The van der Waals surface area contributed by atoms with Gasteiger partial charge in [0, 0.05) is 5.56 Å². The van der Waals surface area contributed by atoms with Crippen LogP contribution in [-0.4, -0.2) is 10.2 Å². The zero-order valence-electron chi connectivity index (χ0n) is 14.7. The van der Waals surface area contributed by atoms with E-state index in [0.717, 1.165) is 19.3 Å². The molecule has 0 saturated heterocycles. The van der Waals surface area contributed by atoms with Crippen LogP contribution in [0.2, 0.25) is 0 Å². The third-order valence-electron chi connectivity index (χ3n) is 4.78. The van der Waals surface area contributed by atoms with Crippen LogP contribution in [0.5, 0.6) is 11.5 Å². The van der Waals surface area contributed by atoms with Gasteiger partial charge < -0.3 is 10.2 Å². The van der Waals surface area contributed by atoms with Gasteiger partial charge in [-0.3, -0.25) is 0 Å². The van der Waals surface area contributed by atoms with Gasteiger partial charge in [0.15, 0.2) is 0 Å². The van der Waals surface area contributed by atoms with Crippen molar-refractivity contribution in [3.8, 4) is 11.5 Å². The van der Waals surface area contributed by atoms with Crippen LogP contribution in [0.3, 0.4) is 0 Å². The monoisotopic (exact) mass is 326 g/mol. The van der Waals surface area contributed by atoms with Crippen LogP contribution in [0.4, 0.5) is 0 Å². The largest absolute Gasteiger partial charge is 0.508 e. The van der Waals surface area contributed by atoms with Crippen LogP contribution in [0, 0.1) is 0 Å². The summed E-state index contributed by atoms with van der Waals surface area (Å²) in [6.07, 6.45) is 9.15. The van der Waals surface area contributed by atoms with Gasteiger partial charge in [0.25, 0.3) is 0 Å². The first-order valence-electron chi connectivity index (χ1n) is 9.27. The number of aromatic hydroxyl groups is 2. The Hall–Kier alpha value is -1.96. The normalized spacial score (nSPS) is 12.2. The second kappa shape index (κ2) is 10.0. The minimum Gasteiger partial charge on any atom is -0.508 e. The smallest absolute Gasteiger partial charge is 0.122 e.